The van der Waals surface area contributed by atoms with Gasteiger partial charge in [0.05, 0.1) is 14.2 Å². The molecular formula is C37H47ClN2O8. The zero-order valence-electron chi connectivity index (χ0n) is 28.5. The maximum atomic E-state index is 12.0. The Morgan fingerprint density at radius 1 is 0.688 bits per heavy atom. The van der Waals surface area contributed by atoms with Crippen LogP contribution in [-0.2, 0) is 4.74 Å². The first kappa shape index (κ1) is 39.6. The molecule has 0 aliphatic carbocycles. The summed E-state index contributed by atoms with van der Waals surface area (Å²) in [6.45, 7) is 8.60. The molecule has 0 spiro atoms. The lowest BCUT2D eigenvalue weighted by Crippen LogP contribution is -2.41. The van der Waals surface area contributed by atoms with E-state index >= 15 is 0 Å². The van der Waals surface area contributed by atoms with Crippen molar-refractivity contribution in [3.63, 3.8) is 0 Å². The number of benzene rings is 2. The highest BCUT2D eigenvalue weighted by Crippen LogP contribution is 2.23. The summed E-state index contributed by atoms with van der Waals surface area (Å²) < 4.78 is 25.2. The number of halogens is 1. The van der Waals surface area contributed by atoms with Gasteiger partial charge in [0.25, 0.3) is 0 Å². The van der Waals surface area contributed by atoms with Crippen LogP contribution in [0.4, 0.5) is 14.4 Å². The Morgan fingerprint density at radius 3 is 1.38 bits per heavy atom. The first-order valence-electron chi connectivity index (χ1n) is 15.8. The third kappa shape index (κ3) is 15.4. The van der Waals surface area contributed by atoms with E-state index in [-0.39, 0.29) is 12.2 Å². The van der Waals surface area contributed by atoms with Crippen LogP contribution in [0.2, 0.25) is 0 Å². The number of likely N-dealkylation sites (tertiary alicyclic amines) is 2. The smallest absolute Gasteiger partial charge is 0.415 e. The average molecular weight is 683 g/mol. The van der Waals surface area contributed by atoms with Crippen molar-refractivity contribution in [3.05, 3.63) is 48.5 Å². The molecular weight excluding hydrogens is 636 g/mol. The van der Waals surface area contributed by atoms with Gasteiger partial charge in [-0.2, -0.15) is 0 Å². The first-order valence-corrected chi connectivity index (χ1v) is 16.2. The molecule has 2 heterocycles. The Balaban J connectivity index is 0.000000259. The molecule has 0 radical (unpaired) electrons. The second-order valence-corrected chi connectivity index (χ2v) is 12.5. The molecule has 2 amide bonds. The van der Waals surface area contributed by atoms with Gasteiger partial charge in [-0.15, -0.1) is 24.7 Å². The van der Waals surface area contributed by atoms with Crippen LogP contribution in [-0.4, -0.2) is 73.4 Å². The van der Waals surface area contributed by atoms with E-state index in [0.717, 1.165) is 57.4 Å². The number of hydrogen-bond donors (Lipinski definition) is 0. The third-order valence-electron chi connectivity index (χ3n) is 7.47. The minimum atomic E-state index is -0.847. The summed E-state index contributed by atoms with van der Waals surface area (Å²) in [6, 6.07) is 13.5. The van der Waals surface area contributed by atoms with E-state index in [1.54, 1.807) is 72.6 Å². The fraction of sp³-hybridized carbons (Fsp3) is 0.486. The number of ether oxygens (including phenoxy) is 5. The maximum absolute atomic E-state index is 12.0. The zero-order valence-corrected chi connectivity index (χ0v) is 29.3. The van der Waals surface area contributed by atoms with Crippen LogP contribution in [0, 0.1) is 36.5 Å². The van der Waals surface area contributed by atoms with E-state index in [1.807, 2.05) is 20.8 Å². The van der Waals surface area contributed by atoms with Gasteiger partial charge in [0, 0.05) is 50.6 Å². The SMILES string of the molecule is C#CCC1CCN(C(=O)OC(C)(C)C)CC1.C#CCC1CCN(C(=O)Oc2ccc(OC)cc2)CC1.COc1ccc(OC(=O)Cl)cc1. The minimum absolute atomic E-state index is 0.202. The van der Waals surface area contributed by atoms with Crippen LogP contribution < -0.4 is 18.9 Å². The molecule has 2 aromatic rings. The van der Waals surface area contributed by atoms with Gasteiger partial charge in [-0.3, -0.25) is 0 Å². The third-order valence-corrected chi connectivity index (χ3v) is 7.55. The summed E-state index contributed by atoms with van der Waals surface area (Å²) in [5.74, 6) is 8.84. The van der Waals surface area contributed by atoms with Crippen LogP contribution in [0.15, 0.2) is 48.5 Å². The van der Waals surface area contributed by atoms with Gasteiger partial charge in [-0.05, 0) is 107 Å². The molecule has 0 aromatic heterocycles. The number of methoxy groups -OCH3 is 2. The number of terminal acetylenes is 2. The average Bonchev–Trinajstić information content (AvgIpc) is 3.06. The first-order chi connectivity index (χ1) is 22.9. The van der Waals surface area contributed by atoms with Crippen LogP contribution in [0.3, 0.4) is 0 Å². The van der Waals surface area contributed by atoms with Crippen molar-refractivity contribution in [2.45, 2.75) is 64.9 Å². The van der Waals surface area contributed by atoms with Crippen LogP contribution in [0.25, 0.3) is 0 Å². The Hall–Kier alpha value is -4.54. The maximum Gasteiger partial charge on any atom is 0.415 e. The number of piperidine rings is 2. The molecule has 0 bridgehead atoms. The molecule has 2 aliphatic heterocycles. The Labute approximate surface area is 289 Å². The van der Waals surface area contributed by atoms with Crippen molar-refractivity contribution in [2.75, 3.05) is 40.4 Å². The molecule has 10 nitrogen and oxygen atoms in total. The second kappa shape index (κ2) is 20.6. The summed E-state index contributed by atoms with van der Waals surface area (Å²) in [5, 5.41) is 0. The van der Waals surface area contributed by atoms with Crippen LogP contribution in [0.5, 0.6) is 23.0 Å². The number of hydrogen-bond acceptors (Lipinski definition) is 8. The molecule has 260 valence electrons. The quantitative estimate of drug-likeness (QED) is 0.223. The van der Waals surface area contributed by atoms with Gasteiger partial charge < -0.3 is 33.5 Å². The van der Waals surface area contributed by atoms with Crippen molar-refractivity contribution >= 4 is 29.2 Å². The van der Waals surface area contributed by atoms with Gasteiger partial charge in [-0.25, -0.2) is 14.4 Å². The monoisotopic (exact) mass is 682 g/mol. The Bertz CT molecular complexity index is 1360. The molecule has 2 aromatic carbocycles. The van der Waals surface area contributed by atoms with Crippen molar-refractivity contribution in [1.29, 1.82) is 0 Å². The van der Waals surface area contributed by atoms with E-state index in [2.05, 4.69) is 16.6 Å². The van der Waals surface area contributed by atoms with Crippen molar-refractivity contribution in [3.8, 4) is 47.7 Å². The molecule has 4 rings (SSSR count). The Kier molecular flexibility index (Phi) is 17.0. The summed E-state index contributed by atoms with van der Waals surface area (Å²) in [5.41, 5.74) is -1.26. The molecule has 0 saturated carbocycles. The van der Waals surface area contributed by atoms with E-state index in [4.69, 9.17) is 43.4 Å². The molecule has 0 atom stereocenters. The van der Waals surface area contributed by atoms with E-state index < -0.39 is 11.0 Å². The summed E-state index contributed by atoms with van der Waals surface area (Å²) in [4.78, 5) is 37.5. The predicted octanol–water partition coefficient (Wildman–Crippen LogP) is 8.02. The largest absolute Gasteiger partial charge is 0.497 e. The predicted molar refractivity (Wildman–Crippen MR) is 186 cm³/mol. The minimum Gasteiger partial charge on any atom is -0.497 e. The summed E-state index contributed by atoms with van der Waals surface area (Å²) >= 11 is 4.99. The highest BCUT2D eigenvalue weighted by molar-refractivity contribution is 6.61. The van der Waals surface area contributed by atoms with Crippen LogP contribution >= 0.6 is 11.6 Å². The lowest BCUT2D eigenvalue weighted by atomic mass is 9.94. The molecule has 11 heteroatoms. The zero-order chi connectivity index (χ0) is 35.5. The van der Waals surface area contributed by atoms with Crippen molar-refractivity contribution in [1.82, 2.24) is 9.80 Å². The number of nitrogens with zero attached hydrogens (tertiary/aromatic N) is 2. The van der Waals surface area contributed by atoms with Gasteiger partial charge in [0.15, 0.2) is 0 Å². The highest BCUT2D eigenvalue weighted by atomic mass is 35.5. The fourth-order valence-corrected chi connectivity index (χ4v) is 4.93. The lowest BCUT2D eigenvalue weighted by Gasteiger charge is -2.32. The standard InChI is InChI=1S/C16H19NO3.C13H21NO2.C8H7ClO3/c1-3-4-13-9-11-17(12-10-13)16(18)20-15-7-5-14(19-2)6-8-15;1-5-6-11-7-9-14(10-8-11)12(15)16-13(2,3)4;1-11-6-2-4-7(5-3-6)12-8(9)10/h1,5-8,13H,4,9-12H2,2H3;1,11H,6-10H2,2-4H3;2-5H,1H3. The van der Waals surface area contributed by atoms with Gasteiger partial charge in [0.1, 0.15) is 28.6 Å². The second-order valence-electron chi connectivity index (χ2n) is 12.2. The lowest BCUT2D eigenvalue weighted by molar-refractivity contribution is 0.0185. The van der Waals surface area contributed by atoms with Gasteiger partial charge >= 0.3 is 17.6 Å². The topological polar surface area (TPSA) is 104 Å². The van der Waals surface area contributed by atoms with Gasteiger partial charge in [-0.1, -0.05) is 0 Å². The molecule has 2 aliphatic rings. The Morgan fingerprint density at radius 2 is 1.04 bits per heavy atom. The summed E-state index contributed by atoms with van der Waals surface area (Å²) in [6.07, 6.45) is 15.6. The molecule has 0 unspecified atom stereocenters. The normalized spacial score (nSPS) is 14.8. The highest BCUT2D eigenvalue weighted by Gasteiger charge is 2.26. The number of rotatable bonds is 6. The van der Waals surface area contributed by atoms with Crippen molar-refractivity contribution in [2.24, 2.45) is 11.8 Å². The summed E-state index contributed by atoms with van der Waals surface area (Å²) in [7, 11) is 3.16. The molecule has 0 N–H and O–H groups in total. The van der Waals surface area contributed by atoms with E-state index in [1.165, 1.54) is 0 Å². The molecule has 2 saturated heterocycles. The number of amides is 2. The van der Waals surface area contributed by atoms with Crippen LogP contribution in [0.1, 0.15) is 59.3 Å². The van der Waals surface area contributed by atoms with Crippen molar-refractivity contribution < 1.29 is 38.1 Å². The molecule has 48 heavy (non-hydrogen) atoms. The number of carbonyl (C=O) groups is 3. The fourth-order valence-electron chi connectivity index (χ4n) is 4.84. The van der Waals surface area contributed by atoms with Gasteiger partial charge in [0.2, 0.25) is 0 Å². The molecule has 2 fully saturated rings. The van der Waals surface area contributed by atoms with E-state index in [0.29, 0.717) is 42.2 Å². The van der Waals surface area contributed by atoms with E-state index in [9.17, 15) is 14.4 Å². The number of carbonyl (C=O) groups excluding carboxylic acids is 3.